The summed E-state index contributed by atoms with van der Waals surface area (Å²) >= 11 is 2.05. The zero-order valence-electron chi connectivity index (χ0n) is 23.0. The van der Waals surface area contributed by atoms with Gasteiger partial charge in [0.25, 0.3) is 0 Å². The Bertz CT molecular complexity index is 1280. The number of hydrogen-bond acceptors (Lipinski definition) is 7. The van der Waals surface area contributed by atoms with E-state index in [0.717, 1.165) is 38.0 Å². The number of benzene rings is 2. The predicted octanol–water partition coefficient (Wildman–Crippen LogP) is 4.47. The Balaban J connectivity index is 1.22. The van der Waals surface area contributed by atoms with Crippen molar-refractivity contribution in [3.05, 3.63) is 57.2 Å². The van der Waals surface area contributed by atoms with Crippen molar-refractivity contribution in [2.75, 3.05) is 20.2 Å². The fourth-order valence-corrected chi connectivity index (χ4v) is 8.28. The molecule has 2 N–H and O–H groups in total. The fraction of sp³-hybridized carbons (Fsp3) is 0.548. The largest absolute Gasteiger partial charge is 0.504 e. The van der Waals surface area contributed by atoms with E-state index in [9.17, 15) is 19.8 Å². The Morgan fingerprint density at radius 2 is 1.82 bits per heavy atom. The summed E-state index contributed by atoms with van der Waals surface area (Å²) in [6, 6.07) is 13.8. The molecule has 8 nitrogen and oxygen atoms in total. The van der Waals surface area contributed by atoms with E-state index in [-0.39, 0.29) is 29.5 Å². The van der Waals surface area contributed by atoms with E-state index >= 15 is 0 Å². The van der Waals surface area contributed by atoms with E-state index in [1.54, 1.807) is 11.0 Å². The van der Waals surface area contributed by atoms with Gasteiger partial charge in [0.15, 0.2) is 17.3 Å². The first-order chi connectivity index (χ1) is 19.2. The highest BCUT2D eigenvalue weighted by Crippen LogP contribution is 2.59. The number of phenols is 1. The van der Waals surface area contributed by atoms with Gasteiger partial charge in [0.2, 0.25) is 11.8 Å². The molecule has 9 heteroatoms. The molecule has 40 heavy (non-hydrogen) atoms. The number of phenolic OH excluding ortho intramolecular Hbond substituents is 1. The van der Waals surface area contributed by atoms with Gasteiger partial charge in [0, 0.05) is 37.5 Å². The lowest BCUT2D eigenvalue weighted by molar-refractivity contribution is -0.269. The normalized spacial score (nSPS) is 32.8. The van der Waals surface area contributed by atoms with Crippen LogP contribution in [0.4, 0.5) is 0 Å². The quantitative estimate of drug-likeness (QED) is 0.349. The molecule has 3 heterocycles. The van der Waals surface area contributed by atoms with E-state index in [1.807, 2.05) is 31.2 Å². The van der Waals surface area contributed by atoms with Gasteiger partial charge in [0.1, 0.15) is 0 Å². The molecule has 0 aromatic heterocycles. The van der Waals surface area contributed by atoms with Crippen molar-refractivity contribution < 1.29 is 29.3 Å². The van der Waals surface area contributed by atoms with Gasteiger partial charge in [-0.25, -0.2) is 0 Å². The topological polar surface area (TPSA) is 99.5 Å². The smallest absolute Gasteiger partial charge is 0.233 e. The maximum atomic E-state index is 14.0. The minimum absolute atomic E-state index is 0.0644. The van der Waals surface area contributed by atoms with Crippen LogP contribution in [0.1, 0.15) is 56.3 Å². The van der Waals surface area contributed by atoms with Crippen LogP contribution < -0.4 is 4.74 Å². The Morgan fingerprint density at radius 1 is 1.10 bits per heavy atom. The average molecular weight is 661 g/mol. The van der Waals surface area contributed by atoms with Crippen LogP contribution in [0.5, 0.6) is 11.5 Å². The number of ether oxygens (including phenoxy) is 2. The number of fused-ring (bicyclic) bond motifs is 3. The summed E-state index contributed by atoms with van der Waals surface area (Å²) in [5.41, 5.74) is 2.05. The molecular weight excluding hydrogens is 623 g/mol. The van der Waals surface area contributed by atoms with Crippen molar-refractivity contribution in [3.8, 4) is 11.5 Å². The van der Waals surface area contributed by atoms with E-state index in [0.29, 0.717) is 28.6 Å². The standard InChI is InChI=1S/C31H37IN2O6/c1-3-20-15-22-27(23-16-25(40-31(20,23)38)19-13-24(32)28(35)26(14-19)39-2)30(37)34(29(22)36)21-9-11-33(12-10-21)17-18-7-5-4-6-8-18/h4-8,13-14,20-23,25,27,35,38H,3,9-12,15-17H2,1-2H3/t20-,22-,23-,25-,27-,31+/m0/s1. The molecule has 4 fully saturated rings. The lowest BCUT2D eigenvalue weighted by Crippen LogP contribution is -2.53. The van der Waals surface area contributed by atoms with Gasteiger partial charge in [-0.2, -0.15) is 0 Å². The minimum Gasteiger partial charge on any atom is -0.504 e. The number of piperidine rings is 1. The van der Waals surface area contributed by atoms with E-state index in [2.05, 4.69) is 39.6 Å². The van der Waals surface area contributed by atoms with Gasteiger partial charge >= 0.3 is 0 Å². The van der Waals surface area contributed by atoms with Crippen molar-refractivity contribution in [1.82, 2.24) is 9.80 Å². The zero-order chi connectivity index (χ0) is 28.2. The zero-order valence-corrected chi connectivity index (χ0v) is 25.1. The summed E-state index contributed by atoms with van der Waals surface area (Å²) < 4.78 is 12.4. The first-order valence-electron chi connectivity index (χ1n) is 14.3. The average Bonchev–Trinajstić information content (AvgIpc) is 3.44. The molecule has 214 valence electrons. The van der Waals surface area contributed by atoms with E-state index in [1.165, 1.54) is 12.7 Å². The maximum absolute atomic E-state index is 14.0. The Morgan fingerprint density at radius 3 is 2.50 bits per heavy atom. The molecule has 3 aliphatic heterocycles. The molecular formula is C31H37IN2O6. The Hall–Kier alpha value is -2.21. The molecule has 0 bridgehead atoms. The number of imide groups is 1. The SMILES string of the molecule is CC[C@H]1C[C@@H]2C(=O)N(C3CCN(Cc4ccccc4)CC3)C(=O)[C@@H]2[C@@H]2C[C@@H](c3cc(I)c(O)c(OC)c3)O[C@]12O. The molecule has 6 rings (SSSR count). The number of amides is 2. The molecule has 1 saturated carbocycles. The van der Waals surface area contributed by atoms with Crippen molar-refractivity contribution in [1.29, 1.82) is 0 Å². The van der Waals surface area contributed by atoms with Crippen LogP contribution in [0.2, 0.25) is 0 Å². The third-order valence-corrected chi connectivity index (χ3v) is 10.5. The number of aromatic hydroxyl groups is 1. The summed E-state index contributed by atoms with van der Waals surface area (Å²) in [5.74, 6) is -3.00. The van der Waals surface area contributed by atoms with Gasteiger partial charge in [-0.15, -0.1) is 0 Å². The number of aliphatic hydroxyl groups is 1. The van der Waals surface area contributed by atoms with Gasteiger partial charge in [-0.1, -0.05) is 37.3 Å². The van der Waals surface area contributed by atoms with E-state index in [4.69, 9.17) is 9.47 Å². The number of hydrogen-bond donors (Lipinski definition) is 2. The predicted molar refractivity (Wildman–Crippen MR) is 156 cm³/mol. The highest BCUT2D eigenvalue weighted by Gasteiger charge is 2.66. The van der Waals surface area contributed by atoms with Gasteiger partial charge in [0.05, 0.1) is 28.6 Å². The lowest BCUT2D eigenvalue weighted by Gasteiger charge is -2.44. The van der Waals surface area contributed by atoms with Crippen molar-refractivity contribution in [2.45, 2.75) is 63.5 Å². The third kappa shape index (κ3) is 4.62. The third-order valence-electron chi connectivity index (χ3n) is 9.70. The first kappa shape index (κ1) is 27.9. The van der Waals surface area contributed by atoms with Gasteiger partial charge in [-0.3, -0.25) is 19.4 Å². The number of nitrogens with zero attached hydrogens (tertiary/aromatic N) is 2. The molecule has 0 spiro atoms. The highest BCUT2D eigenvalue weighted by molar-refractivity contribution is 14.1. The van der Waals surface area contributed by atoms with Gasteiger partial charge < -0.3 is 19.7 Å². The number of likely N-dealkylation sites (tertiary alicyclic amines) is 2. The molecule has 2 amide bonds. The van der Waals surface area contributed by atoms with Crippen LogP contribution in [0.25, 0.3) is 0 Å². The number of carbonyl (C=O) groups excluding carboxylic acids is 2. The van der Waals surface area contributed by atoms with E-state index < -0.39 is 29.6 Å². The number of methoxy groups -OCH3 is 1. The highest BCUT2D eigenvalue weighted by atomic mass is 127. The molecule has 3 saturated heterocycles. The number of halogens is 1. The van der Waals surface area contributed by atoms with Crippen LogP contribution in [0, 0.1) is 27.2 Å². The second-order valence-electron chi connectivity index (χ2n) is 11.8. The molecule has 1 aliphatic carbocycles. The Kier molecular flexibility index (Phi) is 7.60. The van der Waals surface area contributed by atoms with Crippen LogP contribution >= 0.6 is 22.6 Å². The monoisotopic (exact) mass is 660 g/mol. The number of carbonyl (C=O) groups is 2. The summed E-state index contributed by atoms with van der Waals surface area (Å²) in [7, 11) is 1.50. The second kappa shape index (κ2) is 10.9. The molecule has 2 aromatic carbocycles. The molecule has 0 radical (unpaired) electrons. The number of rotatable bonds is 6. The fourth-order valence-electron chi connectivity index (χ4n) is 7.65. The maximum Gasteiger partial charge on any atom is 0.233 e. The van der Waals surface area contributed by atoms with Crippen molar-refractivity contribution in [2.24, 2.45) is 23.7 Å². The summed E-state index contributed by atoms with van der Waals surface area (Å²) in [6.07, 6.45) is 2.59. The summed E-state index contributed by atoms with van der Waals surface area (Å²) in [6.45, 7) is 4.55. The van der Waals surface area contributed by atoms with Crippen LogP contribution in [0.15, 0.2) is 42.5 Å². The summed E-state index contributed by atoms with van der Waals surface area (Å²) in [5, 5.41) is 22.3. The molecule has 4 aliphatic rings. The summed E-state index contributed by atoms with van der Waals surface area (Å²) in [4.78, 5) is 31.8. The van der Waals surface area contributed by atoms with Crippen LogP contribution in [0.3, 0.4) is 0 Å². The first-order valence-corrected chi connectivity index (χ1v) is 15.4. The van der Waals surface area contributed by atoms with Crippen molar-refractivity contribution in [3.63, 3.8) is 0 Å². The minimum atomic E-state index is -1.48. The second-order valence-corrected chi connectivity index (χ2v) is 12.9. The molecule has 0 unspecified atom stereocenters. The van der Waals surface area contributed by atoms with Crippen LogP contribution in [-0.2, 0) is 20.9 Å². The van der Waals surface area contributed by atoms with Crippen molar-refractivity contribution >= 4 is 34.4 Å². The molecule has 2 aromatic rings. The van der Waals surface area contributed by atoms with Gasteiger partial charge in [-0.05, 0) is 78.0 Å². The van der Waals surface area contributed by atoms with Crippen LogP contribution in [-0.4, -0.2) is 63.9 Å². The molecule has 6 atom stereocenters. The Labute approximate surface area is 248 Å². The lowest BCUT2D eigenvalue weighted by atomic mass is 9.64.